The van der Waals surface area contributed by atoms with E-state index in [1.807, 2.05) is 30.5 Å². The zero-order valence-corrected chi connectivity index (χ0v) is 14.2. The Hall–Kier alpha value is -3.48. The number of benzene rings is 2. The summed E-state index contributed by atoms with van der Waals surface area (Å²) in [7, 11) is 0. The highest BCUT2D eigenvalue weighted by Crippen LogP contribution is 2.18. The molecule has 4 rings (SSSR count). The monoisotopic (exact) mass is 366 g/mol. The maximum Gasteiger partial charge on any atom is 0.297 e. The number of para-hydroxylation sites is 1. The Bertz CT molecular complexity index is 1170. The van der Waals surface area contributed by atoms with Crippen LogP contribution < -0.4 is 10.9 Å². The van der Waals surface area contributed by atoms with Crippen LogP contribution in [-0.2, 0) is 6.42 Å². The third-order valence-corrected chi connectivity index (χ3v) is 4.38. The van der Waals surface area contributed by atoms with Crippen LogP contribution in [0.15, 0.2) is 65.8 Å². The number of anilines is 1. The van der Waals surface area contributed by atoms with Crippen LogP contribution >= 0.6 is 0 Å². The fourth-order valence-electron chi connectivity index (χ4n) is 3.03. The van der Waals surface area contributed by atoms with Gasteiger partial charge in [-0.3, -0.25) is 9.36 Å². The molecule has 27 heavy (non-hydrogen) atoms. The van der Waals surface area contributed by atoms with Gasteiger partial charge in [-0.2, -0.15) is 0 Å². The van der Waals surface area contributed by atoms with E-state index in [9.17, 15) is 13.6 Å². The normalized spacial score (nSPS) is 11.0. The molecule has 0 aliphatic heterocycles. The van der Waals surface area contributed by atoms with E-state index in [1.165, 1.54) is 23.0 Å². The fraction of sp³-hybridized carbons (Fsp3) is 0.100. The van der Waals surface area contributed by atoms with Crippen molar-refractivity contribution < 1.29 is 8.78 Å². The van der Waals surface area contributed by atoms with E-state index in [-0.39, 0.29) is 11.5 Å². The van der Waals surface area contributed by atoms with Crippen molar-refractivity contribution in [1.82, 2.24) is 14.5 Å². The number of H-pyrrole nitrogens is 1. The SMILES string of the molecule is O=c1c(NCCc2c[nH]c3ccccc23)nccn1-c1ccc(F)c(F)c1. The lowest BCUT2D eigenvalue weighted by Gasteiger charge is -2.09. The van der Waals surface area contributed by atoms with E-state index in [0.717, 1.165) is 28.6 Å². The molecule has 0 bridgehead atoms. The van der Waals surface area contributed by atoms with Gasteiger partial charge in [0.15, 0.2) is 17.5 Å². The van der Waals surface area contributed by atoms with Gasteiger partial charge in [-0.15, -0.1) is 0 Å². The van der Waals surface area contributed by atoms with Crippen LogP contribution in [-0.4, -0.2) is 21.1 Å². The van der Waals surface area contributed by atoms with Crippen molar-refractivity contribution in [3.8, 4) is 5.69 Å². The van der Waals surface area contributed by atoms with E-state index in [4.69, 9.17) is 0 Å². The minimum atomic E-state index is -1.01. The molecule has 4 aromatic rings. The molecule has 0 fully saturated rings. The molecule has 5 nitrogen and oxygen atoms in total. The van der Waals surface area contributed by atoms with Crippen molar-refractivity contribution in [3.05, 3.63) is 88.6 Å². The van der Waals surface area contributed by atoms with E-state index < -0.39 is 17.2 Å². The fourth-order valence-corrected chi connectivity index (χ4v) is 3.03. The maximum atomic E-state index is 13.5. The number of hydrogen-bond donors (Lipinski definition) is 2. The van der Waals surface area contributed by atoms with Gasteiger partial charge in [0.25, 0.3) is 5.56 Å². The molecule has 0 spiro atoms. The molecule has 0 aliphatic carbocycles. The number of aromatic nitrogens is 3. The highest BCUT2D eigenvalue weighted by Gasteiger charge is 2.09. The Morgan fingerprint density at radius 1 is 1.11 bits per heavy atom. The number of hydrogen-bond acceptors (Lipinski definition) is 3. The van der Waals surface area contributed by atoms with Crippen LogP contribution in [0, 0.1) is 11.6 Å². The molecule has 2 aromatic heterocycles. The average molecular weight is 366 g/mol. The predicted molar refractivity (Wildman–Crippen MR) is 100 cm³/mol. The molecular weight excluding hydrogens is 350 g/mol. The number of aromatic amines is 1. The number of fused-ring (bicyclic) bond motifs is 1. The first-order chi connectivity index (χ1) is 13.1. The molecule has 0 aliphatic rings. The predicted octanol–water partition coefficient (Wildman–Crippen LogP) is 3.65. The van der Waals surface area contributed by atoms with Gasteiger partial charge in [-0.1, -0.05) is 18.2 Å². The van der Waals surface area contributed by atoms with Crippen LogP contribution in [0.4, 0.5) is 14.6 Å². The highest BCUT2D eigenvalue weighted by atomic mass is 19.2. The van der Waals surface area contributed by atoms with E-state index in [1.54, 1.807) is 0 Å². The van der Waals surface area contributed by atoms with Crippen LogP contribution in [0.2, 0.25) is 0 Å². The molecule has 0 amide bonds. The molecule has 136 valence electrons. The highest BCUT2D eigenvalue weighted by molar-refractivity contribution is 5.83. The van der Waals surface area contributed by atoms with Crippen LogP contribution in [0.25, 0.3) is 16.6 Å². The van der Waals surface area contributed by atoms with E-state index >= 15 is 0 Å². The van der Waals surface area contributed by atoms with Gasteiger partial charge in [0.1, 0.15) is 0 Å². The van der Waals surface area contributed by atoms with Crippen molar-refractivity contribution >= 4 is 16.7 Å². The summed E-state index contributed by atoms with van der Waals surface area (Å²) in [4.78, 5) is 19.9. The molecule has 2 N–H and O–H groups in total. The first kappa shape index (κ1) is 17.0. The Labute approximate surface area is 153 Å². The van der Waals surface area contributed by atoms with Gasteiger partial charge in [-0.25, -0.2) is 13.8 Å². The van der Waals surface area contributed by atoms with Crippen LogP contribution in [0.1, 0.15) is 5.56 Å². The summed E-state index contributed by atoms with van der Waals surface area (Å²) < 4.78 is 27.8. The molecule has 0 unspecified atom stereocenters. The second-order valence-corrected chi connectivity index (χ2v) is 6.09. The number of nitrogens with zero attached hydrogens (tertiary/aromatic N) is 2. The quantitative estimate of drug-likeness (QED) is 0.567. The lowest BCUT2D eigenvalue weighted by molar-refractivity contribution is 0.508. The number of rotatable bonds is 5. The smallest absolute Gasteiger partial charge is 0.297 e. The van der Waals surface area contributed by atoms with Crippen LogP contribution in [0.3, 0.4) is 0 Å². The van der Waals surface area contributed by atoms with Gasteiger partial charge in [0.05, 0.1) is 5.69 Å². The molecule has 0 saturated heterocycles. The van der Waals surface area contributed by atoms with Gasteiger partial charge in [-0.05, 0) is 30.2 Å². The second kappa shape index (κ2) is 7.03. The topological polar surface area (TPSA) is 62.7 Å². The number of nitrogens with one attached hydrogen (secondary N) is 2. The Morgan fingerprint density at radius 3 is 2.81 bits per heavy atom. The van der Waals surface area contributed by atoms with Crippen molar-refractivity contribution in [3.63, 3.8) is 0 Å². The average Bonchev–Trinajstić information content (AvgIpc) is 3.09. The van der Waals surface area contributed by atoms with Crippen molar-refractivity contribution in [2.24, 2.45) is 0 Å². The number of halogens is 2. The summed E-state index contributed by atoms with van der Waals surface area (Å²) in [6, 6.07) is 11.3. The molecular formula is C20H16F2N4O. The van der Waals surface area contributed by atoms with Crippen molar-refractivity contribution in [2.45, 2.75) is 6.42 Å². The minimum Gasteiger partial charge on any atom is -0.365 e. The second-order valence-electron chi connectivity index (χ2n) is 6.09. The molecule has 0 saturated carbocycles. The molecule has 2 aromatic carbocycles. The first-order valence-corrected chi connectivity index (χ1v) is 8.45. The van der Waals surface area contributed by atoms with Crippen molar-refractivity contribution in [2.75, 3.05) is 11.9 Å². The van der Waals surface area contributed by atoms with Gasteiger partial charge in [0, 0.05) is 42.1 Å². The third kappa shape index (κ3) is 3.31. The zero-order chi connectivity index (χ0) is 18.8. The maximum absolute atomic E-state index is 13.5. The molecule has 0 radical (unpaired) electrons. The molecule has 0 atom stereocenters. The standard InChI is InChI=1S/C20H16F2N4O/c21-16-6-5-14(11-17(16)22)26-10-9-24-19(20(26)27)23-8-7-13-12-25-18-4-2-1-3-15(13)18/h1-6,9-12,25H,7-8H2,(H,23,24). The van der Waals surface area contributed by atoms with Crippen molar-refractivity contribution in [1.29, 1.82) is 0 Å². The van der Waals surface area contributed by atoms with E-state index in [0.29, 0.717) is 13.0 Å². The zero-order valence-electron chi connectivity index (χ0n) is 14.2. The summed E-state index contributed by atoms with van der Waals surface area (Å²) in [5.74, 6) is -1.81. The summed E-state index contributed by atoms with van der Waals surface area (Å²) in [5, 5.41) is 4.16. The minimum absolute atomic E-state index is 0.155. The van der Waals surface area contributed by atoms with Gasteiger partial charge >= 0.3 is 0 Å². The molecule has 2 heterocycles. The Kier molecular flexibility index (Phi) is 4.42. The van der Waals surface area contributed by atoms with Crippen LogP contribution in [0.5, 0.6) is 0 Å². The summed E-state index contributed by atoms with van der Waals surface area (Å²) in [6.07, 6.45) is 5.51. The lowest BCUT2D eigenvalue weighted by atomic mass is 10.1. The summed E-state index contributed by atoms with van der Waals surface area (Å²) in [6.45, 7) is 0.506. The first-order valence-electron chi connectivity index (χ1n) is 8.45. The Balaban J connectivity index is 1.53. The Morgan fingerprint density at radius 2 is 1.96 bits per heavy atom. The molecule has 7 heteroatoms. The third-order valence-electron chi connectivity index (χ3n) is 4.38. The van der Waals surface area contributed by atoms with E-state index in [2.05, 4.69) is 15.3 Å². The summed E-state index contributed by atoms with van der Waals surface area (Å²) >= 11 is 0. The largest absolute Gasteiger partial charge is 0.365 e. The van der Waals surface area contributed by atoms with Gasteiger partial charge in [0.2, 0.25) is 0 Å². The lowest BCUT2D eigenvalue weighted by Crippen LogP contribution is -2.24. The summed E-state index contributed by atoms with van der Waals surface area (Å²) in [5.41, 5.74) is 2.00. The van der Waals surface area contributed by atoms with Gasteiger partial charge < -0.3 is 10.3 Å².